The molecule has 46 heavy (non-hydrogen) atoms. The van der Waals surface area contributed by atoms with Crippen LogP contribution in [0.25, 0.3) is 49.7 Å². The SMILES string of the molecule is Cc1nc2cccc(CC=C(c3cc4ccccc4o3)c3cc4ccccc4o3)c2n1CC(=O)c1ccc(-c2ccccc2)cc1. The monoisotopic (exact) mass is 598 g/mol. The number of para-hydroxylation sites is 3. The average molecular weight is 599 g/mol. The van der Waals surface area contributed by atoms with Gasteiger partial charge in [0.05, 0.1) is 23.2 Å². The Morgan fingerprint density at radius 2 is 1.30 bits per heavy atom. The summed E-state index contributed by atoms with van der Waals surface area (Å²) in [6.07, 6.45) is 2.74. The van der Waals surface area contributed by atoms with Gasteiger partial charge in [-0.2, -0.15) is 0 Å². The van der Waals surface area contributed by atoms with Crippen LogP contribution in [0.3, 0.4) is 0 Å². The van der Waals surface area contributed by atoms with Crippen LogP contribution in [0.4, 0.5) is 0 Å². The van der Waals surface area contributed by atoms with E-state index in [1.54, 1.807) is 0 Å². The number of allylic oxidation sites excluding steroid dienone is 1. The Morgan fingerprint density at radius 3 is 1.96 bits per heavy atom. The molecule has 5 heteroatoms. The minimum absolute atomic E-state index is 0.0394. The third-order valence-electron chi connectivity index (χ3n) is 8.56. The van der Waals surface area contributed by atoms with Gasteiger partial charge in [0.2, 0.25) is 0 Å². The number of hydrogen-bond donors (Lipinski definition) is 0. The molecule has 3 aromatic heterocycles. The lowest BCUT2D eigenvalue weighted by Gasteiger charge is -2.10. The number of hydrogen-bond acceptors (Lipinski definition) is 4. The fourth-order valence-corrected chi connectivity index (χ4v) is 6.21. The summed E-state index contributed by atoms with van der Waals surface area (Å²) in [5.41, 5.74) is 8.30. The molecule has 0 saturated heterocycles. The van der Waals surface area contributed by atoms with Crippen molar-refractivity contribution in [1.29, 1.82) is 0 Å². The zero-order chi connectivity index (χ0) is 31.0. The van der Waals surface area contributed by atoms with Gasteiger partial charge in [-0.1, -0.05) is 109 Å². The zero-order valence-electron chi connectivity index (χ0n) is 25.3. The van der Waals surface area contributed by atoms with E-state index in [2.05, 4.69) is 36.4 Å². The molecule has 0 amide bonds. The lowest BCUT2D eigenvalue weighted by Crippen LogP contribution is -2.12. The lowest BCUT2D eigenvalue weighted by atomic mass is 10.0. The molecule has 0 bridgehead atoms. The molecular formula is C41H30N2O3. The number of fused-ring (bicyclic) bond motifs is 3. The number of ketones is 1. The van der Waals surface area contributed by atoms with Gasteiger partial charge in [0.1, 0.15) is 28.5 Å². The number of rotatable bonds is 8. The maximum Gasteiger partial charge on any atom is 0.182 e. The largest absolute Gasteiger partial charge is 0.456 e. The van der Waals surface area contributed by atoms with Crippen molar-refractivity contribution in [3.05, 3.63) is 168 Å². The molecule has 0 N–H and O–H groups in total. The first-order valence-corrected chi connectivity index (χ1v) is 15.4. The van der Waals surface area contributed by atoms with E-state index in [9.17, 15) is 4.79 Å². The van der Waals surface area contributed by atoms with Gasteiger partial charge < -0.3 is 13.4 Å². The molecular weight excluding hydrogens is 568 g/mol. The highest BCUT2D eigenvalue weighted by molar-refractivity contribution is 5.97. The van der Waals surface area contributed by atoms with Crippen molar-refractivity contribution >= 4 is 44.3 Å². The quantitative estimate of drug-likeness (QED) is 0.163. The van der Waals surface area contributed by atoms with E-state index < -0.39 is 0 Å². The van der Waals surface area contributed by atoms with Crippen LogP contribution in [-0.2, 0) is 13.0 Å². The third kappa shape index (κ3) is 5.12. The van der Waals surface area contributed by atoms with Crippen molar-refractivity contribution < 1.29 is 13.6 Å². The second kappa shape index (κ2) is 11.5. The molecule has 0 aliphatic rings. The Balaban J connectivity index is 1.15. The Bertz CT molecular complexity index is 2250. The standard InChI is InChI=1S/C41H30N2O3/c1-27-42-35-15-9-14-31(41(35)43(27)26-36(44)30-20-18-29(19-21-30)28-10-3-2-4-11-28)22-23-34(39-24-32-12-5-7-16-37(32)45-39)40-25-33-13-6-8-17-38(33)46-40/h2-21,23-25H,22,26H2,1H3. The van der Waals surface area contributed by atoms with Gasteiger partial charge >= 0.3 is 0 Å². The van der Waals surface area contributed by atoms with Gasteiger partial charge in [-0.05, 0) is 60.4 Å². The Kier molecular flexibility index (Phi) is 6.92. The highest BCUT2D eigenvalue weighted by atomic mass is 16.4. The summed E-state index contributed by atoms with van der Waals surface area (Å²) >= 11 is 0. The normalized spacial score (nSPS) is 11.4. The number of benzene rings is 5. The molecule has 0 spiro atoms. The number of carbonyl (C=O) groups excluding carboxylic acids is 1. The molecule has 0 aliphatic carbocycles. The molecule has 8 aromatic rings. The van der Waals surface area contributed by atoms with Crippen LogP contribution in [0.2, 0.25) is 0 Å². The van der Waals surface area contributed by atoms with Gasteiger partial charge in [-0.25, -0.2) is 4.98 Å². The van der Waals surface area contributed by atoms with Crippen molar-refractivity contribution in [2.75, 3.05) is 0 Å². The van der Waals surface area contributed by atoms with Gasteiger partial charge in [-0.15, -0.1) is 0 Å². The van der Waals surface area contributed by atoms with Crippen molar-refractivity contribution in [2.45, 2.75) is 19.9 Å². The lowest BCUT2D eigenvalue weighted by molar-refractivity contribution is 0.0972. The number of aromatic nitrogens is 2. The van der Waals surface area contributed by atoms with E-state index in [0.717, 1.165) is 72.6 Å². The summed E-state index contributed by atoms with van der Waals surface area (Å²) in [5.74, 6) is 2.32. The topological polar surface area (TPSA) is 61.2 Å². The zero-order valence-corrected chi connectivity index (χ0v) is 25.3. The van der Waals surface area contributed by atoms with E-state index in [1.165, 1.54) is 0 Å². The first-order valence-electron chi connectivity index (χ1n) is 15.4. The Labute approximate surface area is 266 Å². The molecule has 0 radical (unpaired) electrons. The second-order valence-corrected chi connectivity index (χ2v) is 11.5. The Morgan fingerprint density at radius 1 is 0.696 bits per heavy atom. The van der Waals surface area contributed by atoms with Crippen molar-refractivity contribution in [1.82, 2.24) is 9.55 Å². The van der Waals surface area contributed by atoms with Gasteiger partial charge in [-0.3, -0.25) is 4.79 Å². The van der Waals surface area contributed by atoms with E-state index in [0.29, 0.717) is 12.0 Å². The predicted octanol–water partition coefficient (Wildman–Crippen LogP) is 10.1. The first-order chi connectivity index (χ1) is 22.6. The fraction of sp³-hybridized carbons (Fsp3) is 0.0732. The molecule has 3 heterocycles. The fourth-order valence-electron chi connectivity index (χ4n) is 6.21. The summed E-state index contributed by atoms with van der Waals surface area (Å²) in [4.78, 5) is 18.4. The maximum absolute atomic E-state index is 13.6. The van der Waals surface area contributed by atoms with E-state index in [4.69, 9.17) is 13.8 Å². The minimum Gasteiger partial charge on any atom is -0.456 e. The highest BCUT2D eigenvalue weighted by Crippen LogP contribution is 2.34. The van der Waals surface area contributed by atoms with E-state index >= 15 is 0 Å². The van der Waals surface area contributed by atoms with Crippen LogP contribution in [0.15, 0.2) is 148 Å². The summed E-state index contributed by atoms with van der Waals surface area (Å²) in [5, 5.41) is 2.07. The molecule has 0 saturated carbocycles. The van der Waals surface area contributed by atoms with Crippen LogP contribution in [0.1, 0.15) is 33.3 Å². The van der Waals surface area contributed by atoms with Crippen LogP contribution >= 0.6 is 0 Å². The second-order valence-electron chi connectivity index (χ2n) is 11.5. The van der Waals surface area contributed by atoms with Crippen LogP contribution < -0.4 is 0 Å². The number of aryl methyl sites for hydroxylation is 1. The summed E-state index contributed by atoms with van der Waals surface area (Å²) in [6, 6.07) is 44.3. The molecule has 5 aromatic carbocycles. The van der Waals surface area contributed by atoms with Gasteiger partial charge in [0, 0.05) is 16.3 Å². The van der Waals surface area contributed by atoms with E-state index in [1.807, 2.05) is 115 Å². The molecule has 8 rings (SSSR count). The molecule has 0 unspecified atom stereocenters. The predicted molar refractivity (Wildman–Crippen MR) is 184 cm³/mol. The van der Waals surface area contributed by atoms with Crippen LogP contribution in [0, 0.1) is 6.92 Å². The minimum atomic E-state index is 0.0394. The van der Waals surface area contributed by atoms with E-state index in [-0.39, 0.29) is 12.3 Å². The number of imidazole rings is 1. The highest BCUT2D eigenvalue weighted by Gasteiger charge is 2.18. The van der Waals surface area contributed by atoms with Crippen molar-refractivity contribution in [3.63, 3.8) is 0 Å². The number of Topliss-reactive ketones (excluding diaryl/α,β-unsaturated/α-hetero) is 1. The van der Waals surface area contributed by atoms with Gasteiger partial charge in [0.15, 0.2) is 5.78 Å². The summed E-state index contributed by atoms with van der Waals surface area (Å²) in [7, 11) is 0. The smallest absolute Gasteiger partial charge is 0.182 e. The molecule has 0 atom stereocenters. The summed E-state index contributed by atoms with van der Waals surface area (Å²) in [6.45, 7) is 2.16. The first kappa shape index (κ1) is 27.6. The number of carbonyl (C=O) groups is 1. The van der Waals surface area contributed by atoms with Crippen molar-refractivity contribution in [3.8, 4) is 11.1 Å². The molecule has 222 valence electrons. The summed E-state index contributed by atoms with van der Waals surface area (Å²) < 4.78 is 14.7. The van der Waals surface area contributed by atoms with Gasteiger partial charge in [0.25, 0.3) is 0 Å². The average Bonchev–Trinajstić information content (AvgIpc) is 3.80. The molecule has 0 aliphatic heterocycles. The van der Waals surface area contributed by atoms with Crippen molar-refractivity contribution in [2.24, 2.45) is 0 Å². The number of nitrogens with zero attached hydrogens (tertiary/aromatic N) is 2. The van der Waals surface area contributed by atoms with Crippen LogP contribution in [-0.4, -0.2) is 15.3 Å². The molecule has 0 fully saturated rings. The number of furan rings is 2. The Hall–Kier alpha value is -5.94. The van der Waals surface area contributed by atoms with Crippen LogP contribution in [0.5, 0.6) is 0 Å². The molecule has 5 nitrogen and oxygen atoms in total. The maximum atomic E-state index is 13.6. The third-order valence-corrected chi connectivity index (χ3v) is 8.56.